The van der Waals surface area contributed by atoms with E-state index in [9.17, 15) is 9.59 Å². The maximum absolute atomic E-state index is 11.5. The van der Waals surface area contributed by atoms with Crippen LogP contribution in [-0.4, -0.2) is 24.1 Å². The molecule has 0 unspecified atom stereocenters. The van der Waals surface area contributed by atoms with E-state index in [1.54, 1.807) is 27.7 Å². The van der Waals surface area contributed by atoms with E-state index in [4.69, 9.17) is 20.0 Å². The third-order valence-electron chi connectivity index (χ3n) is 1.57. The average molecular weight is 250 g/mol. The molecule has 0 amide bonds. The number of esters is 2. The summed E-state index contributed by atoms with van der Waals surface area (Å²) in [6.45, 7) is 6.35. The number of carbonyl (C=O) groups is 2. The lowest BCUT2D eigenvalue weighted by atomic mass is 10.1. The van der Waals surface area contributed by atoms with Crippen molar-refractivity contribution in [3.8, 4) is 12.1 Å². The van der Waals surface area contributed by atoms with Crippen LogP contribution in [0.15, 0.2) is 11.1 Å². The summed E-state index contributed by atoms with van der Waals surface area (Å²) in [5.41, 5.74) is -1.28. The molecule has 0 rings (SSSR count). The van der Waals surface area contributed by atoms with Gasteiger partial charge in [0.2, 0.25) is 0 Å². The van der Waals surface area contributed by atoms with E-state index < -0.39 is 35.3 Å². The van der Waals surface area contributed by atoms with Crippen molar-refractivity contribution >= 4 is 11.9 Å². The fraction of sp³-hybridized carbons (Fsp3) is 0.500. The highest BCUT2D eigenvalue weighted by Crippen LogP contribution is 2.10. The van der Waals surface area contributed by atoms with Gasteiger partial charge in [0.05, 0.1) is 12.2 Å². The maximum atomic E-state index is 11.5. The molecule has 0 heterocycles. The highest BCUT2D eigenvalue weighted by molar-refractivity contribution is 6.05. The minimum Gasteiger partial charge on any atom is -0.459 e. The highest BCUT2D eigenvalue weighted by atomic mass is 16.5. The number of ether oxygens (including phenoxy) is 2. The predicted molar refractivity (Wildman–Crippen MR) is 60.7 cm³/mol. The van der Waals surface area contributed by atoms with Crippen molar-refractivity contribution in [2.75, 3.05) is 0 Å². The van der Waals surface area contributed by atoms with E-state index in [0.717, 1.165) is 0 Å². The van der Waals surface area contributed by atoms with Crippen LogP contribution in [0.25, 0.3) is 0 Å². The molecule has 0 bridgehead atoms. The van der Waals surface area contributed by atoms with Crippen LogP contribution in [0, 0.1) is 22.7 Å². The Labute approximate surface area is 105 Å². The van der Waals surface area contributed by atoms with Gasteiger partial charge in [0.25, 0.3) is 0 Å². The minimum absolute atomic E-state index is 0.457. The second kappa shape index (κ2) is 7.08. The summed E-state index contributed by atoms with van der Waals surface area (Å²) in [6.07, 6.45) is -0.913. The Kier molecular flexibility index (Phi) is 6.16. The second-order valence-electron chi connectivity index (χ2n) is 3.88. The number of hydrogen-bond acceptors (Lipinski definition) is 6. The SMILES string of the molecule is CC(C)OC(=O)/C(C#N)=C(/C#N)C(=O)OC(C)C. The number of nitrogens with zero attached hydrogens (tertiary/aromatic N) is 2. The van der Waals surface area contributed by atoms with Crippen LogP contribution in [0.4, 0.5) is 0 Å². The molecule has 0 spiro atoms. The molecule has 0 saturated heterocycles. The maximum Gasteiger partial charge on any atom is 0.350 e. The largest absolute Gasteiger partial charge is 0.459 e. The Balaban J connectivity index is 5.34. The molecule has 96 valence electrons. The second-order valence-corrected chi connectivity index (χ2v) is 3.88. The molecule has 18 heavy (non-hydrogen) atoms. The molecule has 0 aliphatic carbocycles. The first-order valence-corrected chi connectivity index (χ1v) is 5.29. The van der Waals surface area contributed by atoms with Gasteiger partial charge in [0.15, 0.2) is 11.1 Å². The van der Waals surface area contributed by atoms with Crippen molar-refractivity contribution < 1.29 is 19.1 Å². The van der Waals surface area contributed by atoms with Gasteiger partial charge in [0.1, 0.15) is 12.1 Å². The molecule has 0 aliphatic rings. The first-order valence-electron chi connectivity index (χ1n) is 5.29. The summed E-state index contributed by atoms with van der Waals surface area (Å²) in [6, 6.07) is 2.99. The first kappa shape index (κ1) is 15.7. The van der Waals surface area contributed by atoms with E-state index in [2.05, 4.69) is 0 Å². The Morgan fingerprint density at radius 1 is 0.833 bits per heavy atom. The lowest BCUT2D eigenvalue weighted by Gasteiger charge is -2.09. The van der Waals surface area contributed by atoms with Gasteiger partial charge in [-0.3, -0.25) is 0 Å². The summed E-state index contributed by atoms with van der Waals surface area (Å²) in [5, 5.41) is 17.7. The molecule has 0 aromatic carbocycles. The molecule has 0 aromatic rings. The summed E-state index contributed by atoms with van der Waals surface area (Å²) < 4.78 is 9.53. The molecule has 0 saturated carbocycles. The van der Waals surface area contributed by atoms with Crippen LogP contribution < -0.4 is 0 Å². The zero-order valence-corrected chi connectivity index (χ0v) is 10.7. The fourth-order valence-corrected chi connectivity index (χ4v) is 0.953. The van der Waals surface area contributed by atoms with Crippen LogP contribution in [0.2, 0.25) is 0 Å². The lowest BCUT2D eigenvalue weighted by Crippen LogP contribution is -2.19. The average Bonchev–Trinajstić information content (AvgIpc) is 2.22. The molecule has 6 nitrogen and oxygen atoms in total. The third-order valence-corrected chi connectivity index (χ3v) is 1.57. The van der Waals surface area contributed by atoms with Gasteiger partial charge in [-0.1, -0.05) is 0 Å². The number of rotatable bonds is 4. The molecule has 0 radical (unpaired) electrons. The summed E-state index contributed by atoms with van der Waals surface area (Å²) in [5.74, 6) is -2.02. The van der Waals surface area contributed by atoms with Crippen molar-refractivity contribution in [1.29, 1.82) is 10.5 Å². The zero-order valence-electron chi connectivity index (χ0n) is 10.7. The van der Waals surface area contributed by atoms with Crippen molar-refractivity contribution in [1.82, 2.24) is 0 Å². The number of carbonyl (C=O) groups excluding carboxylic acids is 2. The van der Waals surface area contributed by atoms with Gasteiger partial charge in [-0.2, -0.15) is 10.5 Å². The zero-order chi connectivity index (χ0) is 14.3. The van der Waals surface area contributed by atoms with E-state index in [1.807, 2.05) is 0 Å². The first-order chi connectivity index (χ1) is 8.33. The predicted octanol–water partition coefficient (Wildman–Crippen LogP) is 1.23. The topological polar surface area (TPSA) is 100 Å². The summed E-state index contributed by atoms with van der Waals surface area (Å²) >= 11 is 0. The monoisotopic (exact) mass is 250 g/mol. The molecular formula is C12H14N2O4. The minimum atomic E-state index is -1.01. The Bertz CT molecular complexity index is 408. The molecular weight excluding hydrogens is 236 g/mol. The smallest absolute Gasteiger partial charge is 0.350 e. The molecule has 0 atom stereocenters. The molecule has 0 aromatic heterocycles. The van der Waals surface area contributed by atoms with Crippen LogP contribution in [0.5, 0.6) is 0 Å². The number of hydrogen-bond donors (Lipinski definition) is 0. The quantitative estimate of drug-likeness (QED) is 0.422. The van der Waals surface area contributed by atoms with Crippen LogP contribution >= 0.6 is 0 Å². The van der Waals surface area contributed by atoms with Crippen molar-refractivity contribution in [3.05, 3.63) is 11.1 Å². The number of nitriles is 2. The molecule has 0 aliphatic heterocycles. The van der Waals surface area contributed by atoms with Crippen molar-refractivity contribution in [2.45, 2.75) is 39.9 Å². The Hall–Kier alpha value is -2.34. The Morgan fingerprint density at radius 2 is 1.11 bits per heavy atom. The van der Waals surface area contributed by atoms with E-state index >= 15 is 0 Å². The van der Waals surface area contributed by atoms with Gasteiger partial charge in [-0.05, 0) is 27.7 Å². The molecule has 0 N–H and O–H groups in total. The molecule has 0 fully saturated rings. The van der Waals surface area contributed by atoms with Gasteiger partial charge >= 0.3 is 11.9 Å². The van der Waals surface area contributed by atoms with Crippen LogP contribution in [-0.2, 0) is 19.1 Å². The van der Waals surface area contributed by atoms with Gasteiger partial charge < -0.3 is 9.47 Å². The van der Waals surface area contributed by atoms with Gasteiger partial charge in [-0.15, -0.1) is 0 Å². The normalized spacial score (nSPS) is 11.3. The summed E-state index contributed by atoms with van der Waals surface area (Å²) in [7, 11) is 0. The summed E-state index contributed by atoms with van der Waals surface area (Å²) in [4.78, 5) is 23.0. The van der Waals surface area contributed by atoms with Crippen LogP contribution in [0.3, 0.4) is 0 Å². The van der Waals surface area contributed by atoms with Gasteiger partial charge in [0, 0.05) is 0 Å². The van der Waals surface area contributed by atoms with E-state index in [-0.39, 0.29) is 0 Å². The van der Waals surface area contributed by atoms with Crippen molar-refractivity contribution in [3.63, 3.8) is 0 Å². The Morgan fingerprint density at radius 3 is 1.28 bits per heavy atom. The standard InChI is InChI=1S/C12H14N2O4/c1-7(2)17-11(15)9(5-13)10(6-14)12(16)18-8(3)4/h7-8H,1-4H3/b10-9-. The molecule has 6 heteroatoms. The van der Waals surface area contributed by atoms with Gasteiger partial charge in [-0.25, -0.2) is 9.59 Å². The van der Waals surface area contributed by atoms with Crippen molar-refractivity contribution in [2.24, 2.45) is 0 Å². The lowest BCUT2D eigenvalue weighted by molar-refractivity contribution is -0.145. The van der Waals surface area contributed by atoms with E-state index in [0.29, 0.717) is 0 Å². The van der Waals surface area contributed by atoms with E-state index in [1.165, 1.54) is 12.1 Å². The third kappa shape index (κ3) is 4.67. The fourth-order valence-electron chi connectivity index (χ4n) is 0.953. The van der Waals surface area contributed by atoms with Crippen LogP contribution in [0.1, 0.15) is 27.7 Å². The highest BCUT2D eigenvalue weighted by Gasteiger charge is 2.24.